The number of likely N-dealkylation sites (N-methyl/N-ethyl adjacent to an activating group) is 1. The summed E-state index contributed by atoms with van der Waals surface area (Å²) in [7, 11) is 2.97. The third-order valence-corrected chi connectivity index (χ3v) is 8.38. The Kier molecular flexibility index (Phi) is 5.87. The topological polar surface area (TPSA) is 208 Å². The number of phenols is 1. The maximum absolute atomic E-state index is 13.9. The van der Waals surface area contributed by atoms with Crippen LogP contribution in [0.15, 0.2) is 59.1 Å². The third-order valence-electron chi connectivity index (χ3n) is 8.38. The molecule has 3 aliphatic rings. The SMILES string of the molecule is C[C@H]1c2cc(-c3ccccc3)c(N)c(O)c2C(=O)C2=C(O)[C@]3(O)C(=O)C(C(N)=O)=C(O)[C@@H](N(C)C)[C@@H]3[C@@H](O)[C@@H]21. The molecule has 0 saturated carbocycles. The number of nitrogens with two attached hydrogens (primary N) is 2. The van der Waals surface area contributed by atoms with Crippen LogP contribution in [0.3, 0.4) is 0 Å². The second-order valence-electron chi connectivity index (χ2n) is 10.6. The Labute approximate surface area is 223 Å². The van der Waals surface area contributed by atoms with E-state index < -0.39 is 81.4 Å². The Balaban J connectivity index is 1.79. The molecule has 0 heterocycles. The van der Waals surface area contributed by atoms with Gasteiger partial charge >= 0.3 is 0 Å². The van der Waals surface area contributed by atoms with Gasteiger partial charge in [-0.15, -0.1) is 0 Å². The highest BCUT2D eigenvalue weighted by atomic mass is 16.4. The number of primary amides is 1. The lowest BCUT2D eigenvalue weighted by molar-refractivity contribution is -0.162. The summed E-state index contributed by atoms with van der Waals surface area (Å²) in [6.45, 7) is 1.67. The molecule has 39 heavy (non-hydrogen) atoms. The van der Waals surface area contributed by atoms with E-state index in [4.69, 9.17) is 11.5 Å². The summed E-state index contributed by atoms with van der Waals surface area (Å²) in [6, 6.07) is 9.25. The van der Waals surface area contributed by atoms with E-state index in [0.717, 1.165) is 0 Å². The molecule has 0 saturated heterocycles. The van der Waals surface area contributed by atoms with Crippen LogP contribution in [-0.2, 0) is 9.59 Å². The predicted octanol–water partition coefficient (Wildman–Crippen LogP) is 0.902. The molecule has 2 aromatic carbocycles. The summed E-state index contributed by atoms with van der Waals surface area (Å²) in [5.41, 5.74) is 8.32. The maximum Gasteiger partial charge on any atom is 0.255 e. The molecular weight excluding hydrogens is 506 g/mol. The van der Waals surface area contributed by atoms with Gasteiger partial charge in [0.25, 0.3) is 5.91 Å². The van der Waals surface area contributed by atoms with Gasteiger partial charge in [-0.3, -0.25) is 19.3 Å². The first kappa shape index (κ1) is 26.4. The smallest absolute Gasteiger partial charge is 0.255 e. The number of carbonyl (C=O) groups excluding carboxylic acids is 3. The number of hydrogen-bond acceptors (Lipinski definition) is 10. The average Bonchev–Trinajstić information content (AvgIpc) is 2.88. The Morgan fingerprint density at radius 3 is 2.26 bits per heavy atom. The highest BCUT2D eigenvalue weighted by Crippen LogP contribution is 2.56. The number of anilines is 1. The van der Waals surface area contributed by atoms with E-state index in [1.165, 1.54) is 19.0 Å². The molecule has 3 aliphatic carbocycles. The number of amides is 1. The Morgan fingerprint density at radius 1 is 1.08 bits per heavy atom. The maximum atomic E-state index is 13.9. The third kappa shape index (κ3) is 3.30. The number of rotatable bonds is 3. The van der Waals surface area contributed by atoms with Gasteiger partial charge in [0.05, 0.1) is 29.3 Å². The van der Waals surface area contributed by atoms with Crippen molar-refractivity contribution < 1.29 is 39.9 Å². The number of nitrogens with zero attached hydrogens (tertiary/aromatic N) is 1. The molecule has 1 amide bonds. The van der Waals surface area contributed by atoms with Gasteiger partial charge in [0.1, 0.15) is 17.1 Å². The first-order valence-corrected chi connectivity index (χ1v) is 12.3. The van der Waals surface area contributed by atoms with Crippen LogP contribution in [0.4, 0.5) is 5.69 Å². The molecule has 0 aromatic heterocycles. The number of hydrogen-bond donors (Lipinski definition) is 7. The van der Waals surface area contributed by atoms with Gasteiger partial charge in [0.15, 0.2) is 17.1 Å². The van der Waals surface area contributed by atoms with Crippen molar-refractivity contribution in [2.45, 2.75) is 30.6 Å². The van der Waals surface area contributed by atoms with Crippen LogP contribution in [0.5, 0.6) is 5.75 Å². The average molecular weight is 536 g/mol. The van der Waals surface area contributed by atoms with Crippen LogP contribution in [0.1, 0.15) is 28.8 Å². The molecule has 11 heteroatoms. The van der Waals surface area contributed by atoms with Crippen LogP contribution in [0.25, 0.3) is 11.1 Å². The summed E-state index contributed by atoms with van der Waals surface area (Å²) in [5.74, 6) is -9.55. The van der Waals surface area contributed by atoms with Gasteiger partial charge in [-0.1, -0.05) is 37.3 Å². The Bertz CT molecular complexity index is 1510. The first-order chi connectivity index (χ1) is 18.3. The number of phenolic OH excluding ortho intramolecular Hbond substituents is 1. The number of aromatic hydroxyl groups is 1. The fourth-order valence-electron chi connectivity index (χ4n) is 6.56. The highest BCUT2D eigenvalue weighted by molar-refractivity contribution is 6.25. The minimum atomic E-state index is -2.96. The van der Waals surface area contributed by atoms with Crippen molar-refractivity contribution >= 4 is 23.2 Å². The van der Waals surface area contributed by atoms with Crippen LogP contribution in [0, 0.1) is 11.8 Å². The normalized spacial score (nSPS) is 30.3. The second kappa shape index (κ2) is 8.67. The number of fused-ring (bicyclic) bond motifs is 3. The van der Waals surface area contributed by atoms with Crippen molar-refractivity contribution in [1.82, 2.24) is 4.90 Å². The zero-order valence-electron chi connectivity index (χ0n) is 21.4. The van der Waals surface area contributed by atoms with Crippen molar-refractivity contribution in [2.24, 2.45) is 17.6 Å². The number of carbonyl (C=O) groups is 3. The molecule has 5 rings (SSSR count). The minimum absolute atomic E-state index is 0.0859. The number of aliphatic hydroxyl groups excluding tert-OH is 3. The zero-order valence-corrected chi connectivity index (χ0v) is 21.4. The molecule has 0 radical (unpaired) electrons. The second-order valence-corrected chi connectivity index (χ2v) is 10.6. The number of Topliss-reactive ketones (excluding diaryl/α,β-unsaturated/α-hetero) is 2. The molecular formula is C28H29N3O8. The highest BCUT2D eigenvalue weighted by Gasteiger charge is 2.67. The van der Waals surface area contributed by atoms with Crippen molar-refractivity contribution in [1.29, 1.82) is 0 Å². The van der Waals surface area contributed by atoms with E-state index in [2.05, 4.69) is 0 Å². The van der Waals surface area contributed by atoms with Crippen molar-refractivity contribution in [3.8, 4) is 16.9 Å². The lowest BCUT2D eigenvalue weighted by Gasteiger charge is -2.53. The van der Waals surface area contributed by atoms with E-state index >= 15 is 0 Å². The van der Waals surface area contributed by atoms with Gasteiger partial charge in [-0.25, -0.2) is 0 Å². The molecule has 6 atom stereocenters. The summed E-state index contributed by atoms with van der Waals surface area (Å²) < 4.78 is 0. The summed E-state index contributed by atoms with van der Waals surface area (Å²) in [5, 5.41) is 56.8. The summed E-state index contributed by atoms with van der Waals surface area (Å²) in [4.78, 5) is 40.8. The Morgan fingerprint density at radius 2 is 1.69 bits per heavy atom. The molecule has 204 valence electrons. The fraction of sp³-hybridized carbons (Fsp3) is 0.321. The van der Waals surface area contributed by atoms with Crippen LogP contribution in [-0.4, -0.2) is 79.7 Å². The largest absolute Gasteiger partial charge is 0.510 e. The molecule has 9 N–H and O–H groups in total. The molecule has 0 bridgehead atoms. The van der Waals surface area contributed by atoms with Crippen molar-refractivity contribution in [3.05, 3.63) is 70.2 Å². The summed E-state index contributed by atoms with van der Waals surface area (Å²) in [6.07, 6.45) is -1.67. The quantitative estimate of drug-likeness (QED) is 0.168. The molecule has 11 nitrogen and oxygen atoms in total. The minimum Gasteiger partial charge on any atom is -0.510 e. The van der Waals surface area contributed by atoms with Gasteiger partial charge < -0.3 is 37.0 Å². The van der Waals surface area contributed by atoms with E-state index in [1.54, 1.807) is 37.3 Å². The summed E-state index contributed by atoms with van der Waals surface area (Å²) >= 11 is 0. The lowest BCUT2D eigenvalue weighted by Crippen LogP contribution is -2.68. The number of nitrogen functional groups attached to an aromatic ring is 1. The van der Waals surface area contributed by atoms with Crippen LogP contribution >= 0.6 is 0 Å². The molecule has 0 fully saturated rings. The molecule has 2 aromatic rings. The van der Waals surface area contributed by atoms with Gasteiger partial charge in [0, 0.05) is 17.1 Å². The van der Waals surface area contributed by atoms with Crippen molar-refractivity contribution in [3.63, 3.8) is 0 Å². The number of benzene rings is 2. The van der Waals surface area contributed by atoms with Gasteiger partial charge in [0.2, 0.25) is 5.78 Å². The van der Waals surface area contributed by atoms with E-state index in [9.17, 15) is 39.9 Å². The van der Waals surface area contributed by atoms with Crippen LogP contribution in [0.2, 0.25) is 0 Å². The standard InChI is InChI=1S/C28H29N3O8/c1-10-12-9-13(11-7-5-4-6-8-11)19(29)23(34)15(12)21(32)16-14(10)22(33)18-20(31(2)3)24(35)17(27(30)38)26(37)28(18,39)25(16)36/h4-10,14,18,20,22,33-36,39H,29H2,1-3H3,(H2,30,38)/t10-,14+,18+,20-,22-,28-/m0/s1. The van der Waals surface area contributed by atoms with Gasteiger partial charge in [-0.05, 0) is 37.2 Å². The van der Waals surface area contributed by atoms with E-state index in [1.807, 2.05) is 6.07 Å². The predicted molar refractivity (Wildman–Crippen MR) is 140 cm³/mol. The molecule has 0 spiro atoms. The number of aliphatic hydroxyl groups is 4. The molecule has 0 aliphatic heterocycles. The van der Waals surface area contributed by atoms with E-state index in [0.29, 0.717) is 16.7 Å². The first-order valence-electron chi connectivity index (χ1n) is 12.3. The van der Waals surface area contributed by atoms with Crippen molar-refractivity contribution in [2.75, 3.05) is 19.8 Å². The fourth-order valence-corrected chi connectivity index (χ4v) is 6.56. The zero-order chi connectivity index (χ0) is 28.7. The Hall–Kier alpha value is -4.19. The molecule has 0 unspecified atom stereocenters. The van der Waals surface area contributed by atoms with Gasteiger partial charge in [-0.2, -0.15) is 0 Å². The monoisotopic (exact) mass is 535 g/mol. The van der Waals surface area contributed by atoms with E-state index in [-0.39, 0.29) is 11.3 Å². The number of ketones is 2. The van der Waals surface area contributed by atoms with Crippen LogP contribution < -0.4 is 11.5 Å². The lowest BCUT2D eigenvalue weighted by atomic mass is 9.55.